The zero-order valence-corrected chi connectivity index (χ0v) is 11.3. The van der Waals surface area contributed by atoms with Crippen LogP contribution in [0.2, 0.25) is 0 Å². The topological polar surface area (TPSA) is 51.0 Å². The Kier molecular flexibility index (Phi) is 4.63. The van der Waals surface area contributed by atoms with Crippen molar-refractivity contribution in [3.05, 3.63) is 30.3 Å². The Morgan fingerprint density at radius 1 is 1.22 bits per heavy atom. The third kappa shape index (κ3) is 3.04. The number of nitrogens with zero attached hydrogens (tertiary/aromatic N) is 2. The van der Waals surface area contributed by atoms with Gasteiger partial charge in [0, 0.05) is 17.4 Å². The Hall–Kier alpha value is -1.04. The molecule has 6 heteroatoms. The van der Waals surface area contributed by atoms with Gasteiger partial charge >= 0.3 is 0 Å². The lowest BCUT2D eigenvalue weighted by Crippen LogP contribution is -2.09. The number of thioether (sulfide) groups is 1. The molecule has 18 heavy (non-hydrogen) atoms. The number of aromatic nitrogens is 2. The van der Waals surface area contributed by atoms with Gasteiger partial charge in [-0.05, 0) is 25.1 Å². The number of nitrogens with one attached hydrogen (secondary N) is 1. The lowest BCUT2D eigenvalue weighted by Gasteiger charge is -2.01. The summed E-state index contributed by atoms with van der Waals surface area (Å²) in [7, 11) is 0. The Labute approximate surface area is 116 Å². The molecule has 1 saturated heterocycles. The van der Waals surface area contributed by atoms with Crippen molar-refractivity contribution >= 4 is 24.2 Å². The molecule has 1 aliphatic heterocycles. The van der Waals surface area contributed by atoms with Crippen LogP contribution in [0, 0.1) is 0 Å². The van der Waals surface area contributed by atoms with E-state index in [9.17, 15) is 0 Å². The van der Waals surface area contributed by atoms with Crippen molar-refractivity contribution in [3.8, 4) is 11.5 Å². The van der Waals surface area contributed by atoms with Gasteiger partial charge in [-0.1, -0.05) is 30.0 Å². The highest BCUT2D eigenvalue weighted by Crippen LogP contribution is 2.28. The van der Waals surface area contributed by atoms with Gasteiger partial charge in [0.2, 0.25) is 5.89 Å². The van der Waals surface area contributed by atoms with Gasteiger partial charge < -0.3 is 9.73 Å². The number of benzene rings is 1. The van der Waals surface area contributed by atoms with Crippen LogP contribution >= 0.6 is 24.2 Å². The molecule has 3 rings (SSSR count). The van der Waals surface area contributed by atoms with Gasteiger partial charge in [0.25, 0.3) is 5.22 Å². The summed E-state index contributed by atoms with van der Waals surface area (Å²) in [5.41, 5.74) is 0.969. The smallest absolute Gasteiger partial charge is 0.277 e. The van der Waals surface area contributed by atoms with Crippen LogP contribution in [0.15, 0.2) is 40.0 Å². The molecule has 0 radical (unpaired) electrons. The second-order valence-electron chi connectivity index (χ2n) is 3.97. The fraction of sp³-hybridized carbons (Fsp3) is 0.333. The monoisotopic (exact) mass is 283 g/mol. The van der Waals surface area contributed by atoms with Crippen molar-refractivity contribution < 1.29 is 4.42 Å². The highest BCUT2D eigenvalue weighted by Gasteiger charge is 2.19. The second-order valence-corrected chi connectivity index (χ2v) is 5.22. The maximum absolute atomic E-state index is 5.64. The number of hydrogen-bond donors (Lipinski definition) is 1. The summed E-state index contributed by atoms with van der Waals surface area (Å²) >= 11 is 1.66. The van der Waals surface area contributed by atoms with Crippen molar-refractivity contribution in [2.75, 3.05) is 13.1 Å². The molecule has 0 amide bonds. The fourth-order valence-corrected chi connectivity index (χ4v) is 2.76. The largest absolute Gasteiger partial charge is 0.411 e. The van der Waals surface area contributed by atoms with E-state index < -0.39 is 0 Å². The normalized spacial score (nSPS) is 18.6. The Balaban J connectivity index is 0.00000120. The molecule has 0 spiro atoms. The minimum atomic E-state index is 0. The van der Waals surface area contributed by atoms with Crippen molar-refractivity contribution in [1.29, 1.82) is 0 Å². The van der Waals surface area contributed by atoms with Crippen LogP contribution < -0.4 is 5.32 Å². The molecule has 1 atom stereocenters. The van der Waals surface area contributed by atoms with Gasteiger partial charge in [-0.15, -0.1) is 22.6 Å². The van der Waals surface area contributed by atoms with Crippen LogP contribution in [0.5, 0.6) is 0 Å². The fourth-order valence-electron chi connectivity index (χ4n) is 1.83. The van der Waals surface area contributed by atoms with E-state index in [0.29, 0.717) is 16.4 Å². The quantitative estimate of drug-likeness (QED) is 0.938. The zero-order valence-electron chi connectivity index (χ0n) is 9.70. The summed E-state index contributed by atoms with van der Waals surface area (Å²) in [5, 5.41) is 12.7. The molecule has 1 fully saturated rings. The summed E-state index contributed by atoms with van der Waals surface area (Å²) in [5.74, 6) is 0.596. The molecular weight excluding hydrogens is 270 g/mol. The summed E-state index contributed by atoms with van der Waals surface area (Å²) in [6.45, 7) is 2.10. The van der Waals surface area contributed by atoms with Crippen LogP contribution in [0.1, 0.15) is 6.42 Å². The first kappa shape index (κ1) is 13.4. The van der Waals surface area contributed by atoms with Crippen molar-refractivity contribution in [2.24, 2.45) is 0 Å². The van der Waals surface area contributed by atoms with Crippen molar-refractivity contribution in [3.63, 3.8) is 0 Å². The van der Waals surface area contributed by atoms with E-state index >= 15 is 0 Å². The van der Waals surface area contributed by atoms with Gasteiger partial charge in [0.1, 0.15) is 0 Å². The number of rotatable bonds is 3. The molecule has 2 aromatic rings. The van der Waals surface area contributed by atoms with Crippen LogP contribution in [0.3, 0.4) is 0 Å². The van der Waals surface area contributed by atoms with Gasteiger partial charge in [-0.2, -0.15) is 0 Å². The molecule has 1 unspecified atom stereocenters. The molecule has 0 aliphatic carbocycles. The van der Waals surface area contributed by atoms with Crippen molar-refractivity contribution in [1.82, 2.24) is 15.5 Å². The second kappa shape index (κ2) is 6.22. The van der Waals surface area contributed by atoms with E-state index in [4.69, 9.17) is 4.42 Å². The van der Waals surface area contributed by atoms with E-state index in [2.05, 4.69) is 15.5 Å². The van der Waals surface area contributed by atoms with Gasteiger partial charge in [0.15, 0.2) is 0 Å². The lowest BCUT2D eigenvalue weighted by molar-refractivity contribution is 0.465. The average molecular weight is 284 g/mol. The van der Waals surface area contributed by atoms with E-state index in [1.807, 2.05) is 30.3 Å². The Morgan fingerprint density at radius 3 is 2.78 bits per heavy atom. The number of hydrogen-bond acceptors (Lipinski definition) is 5. The van der Waals surface area contributed by atoms with E-state index in [0.717, 1.165) is 25.1 Å². The van der Waals surface area contributed by atoms with Crippen LogP contribution in [0.4, 0.5) is 0 Å². The molecule has 0 saturated carbocycles. The summed E-state index contributed by atoms with van der Waals surface area (Å²) in [6.07, 6.45) is 1.16. The van der Waals surface area contributed by atoms with Gasteiger partial charge in [-0.25, -0.2) is 0 Å². The first-order valence-corrected chi connectivity index (χ1v) is 6.56. The third-order valence-corrected chi connectivity index (χ3v) is 3.81. The van der Waals surface area contributed by atoms with Gasteiger partial charge in [-0.3, -0.25) is 0 Å². The Bertz CT molecular complexity index is 485. The van der Waals surface area contributed by atoms with Gasteiger partial charge in [0.05, 0.1) is 0 Å². The standard InChI is InChI=1S/C12H13N3OS.ClH/c1-2-4-9(5-3-1)11-14-15-12(16-11)17-10-6-7-13-8-10;/h1-5,10,13H,6-8H2;1H. The first-order chi connectivity index (χ1) is 8.42. The van der Waals surface area contributed by atoms with E-state index in [1.165, 1.54) is 0 Å². The molecule has 1 N–H and O–H groups in total. The molecule has 96 valence electrons. The van der Waals surface area contributed by atoms with E-state index in [-0.39, 0.29) is 12.4 Å². The zero-order chi connectivity index (χ0) is 11.5. The molecule has 0 bridgehead atoms. The molecule has 1 aromatic carbocycles. The maximum atomic E-state index is 5.64. The minimum absolute atomic E-state index is 0. The predicted molar refractivity (Wildman–Crippen MR) is 74.1 cm³/mol. The maximum Gasteiger partial charge on any atom is 0.277 e. The molecule has 1 aromatic heterocycles. The summed E-state index contributed by atoms with van der Waals surface area (Å²) < 4.78 is 5.64. The SMILES string of the molecule is Cl.c1ccc(-c2nnc(SC3CCNC3)o2)cc1. The number of halogens is 1. The highest BCUT2D eigenvalue weighted by atomic mass is 35.5. The minimum Gasteiger partial charge on any atom is -0.411 e. The third-order valence-electron chi connectivity index (χ3n) is 2.71. The predicted octanol–water partition coefficient (Wildman–Crippen LogP) is 2.61. The summed E-state index contributed by atoms with van der Waals surface area (Å²) in [6, 6.07) is 9.85. The summed E-state index contributed by atoms with van der Waals surface area (Å²) in [4.78, 5) is 0. The van der Waals surface area contributed by atoms with Crippen LogP contribution in [-0.2, 0) is 0 Å². The van der Waals surface area contributed by atoms with E-state index in [1.54, 1.807) is 11.8 Å². The average Bonchev–Trinajstić information content (AvgIpc) is 3.02. The van der Waals surface area contributed by atoms with Crippen LogP contribution in [0.25, 0.3) is 11.5 Å². The highest BCUT2D eigenvalue weighted by molar-refractivity contribution is 7.99. The Morgan fingerprint density at radius 2 is 2.06 bits per heavy atom. The molecule has 4 nitrogen and oxygen atoms in total. The molecule has 2 heterocycles. The first-order valence-electron chi connectivity index (χ1n) is 5.68. The van der Waals surface area contributed by atoms with Crippen LogP contribution in [-0.4, -0.2) is 28.5 Å². The molecular formula is C12H14ClN3OS. The molecule has 1 aliphatic rings. The van der Waals surface area contributed by atoms with Crippen molar-refractivity contribution in [2.45, 2.75) is 16.9 Å². The lowest BCUT2D eigenvalue weighted by atomic mass is 10.2.